The average molecular weight is 359 g/mol. The van der Waals surface area contributed by atoms with Crippen molar-refractivity contribution in [2.75, 3.05) is 13.2 Å². The smallest absolute Gasteiger partial charge is 0.407 e. The molecule has 7 heteroatoms. The summed E-state index contributed by atoms with van der Waals surface area (Å²) in [6.45, 7) is 8.06. The van der Waals surface area contributed by atoms with Crippen molar-refractivity contribution in [1.82, 2.24) is 15.3 Å². The monoisotopic (exact) mass is 359 g/mol. The molecule has 0 aliphatic rings. The van der Waals surface area contributed by atoms with Crippen molar-refractivity contribution in [1.29, 1.82) is 0 Å². The fourth-order valence-corrected chi connectivity index (χ4v) is 2.31. The number of ether oxygens (including phenoxy) is 2. The molecule has 2 aromatic rings. The number of rotatable bonds is 6. The highest BCUT2D eigenvalue weighted by Crippen LogP contribution is 2.14. The van der Waals surface area contributed by atoms with Crippen LogP contribution in [0.4, 0.5) is 4.79 Å². The third-order valence-electron chi connectivity index (χ3n) is 3.40. The van der Waals surface area contributed by atoms with Gasteiger partial charge in [-0.1, -0.05) is 6.07 Å². The van der Waals surface area contributed by atoms with Gasteiger partial charge in [-0.25, -0.2) is 14.6 Å². The number of aryl methyl sites for hydroxylation is 1. The largest absolute Gasteiger partial charge is 0.461 e. The third-order valence-corrected chi connectivity index (χ3v) is 3.40. The second kappa shape index (κ2) is 8.60. The molecule has 0 fully saturated rings. The number of esters is 1. The molecule has 1 aromatic carbocycles. The van der Waals surface area contributed by atoms with Crippen LogP contribution in [0.5, 0.6) is 0 Å². The molecule has 0 saturated carbocycles. The minimum Gasteiger partial charge on any atom is -0.461 e. The molecule has 0 saturated heterocycles. The highest BCUT2D eigenvalue weighted by molar-refractivity contribution is 5.89. The van der Waals surface area contributed by atoms with Crippen molar-refractivity contribution >= 4 is 23.1 Å². The Morgan fingerprint density at radius 3 is 2.65 bits per heavy atom. The molecule has 1 heterocycles. The second-order valence-electron chi connectivity index (χ2n) is 6.83. The number of aromatic nitrogens is 2. The van der Waals surface area contributed by atoms with Crippen LogP contribution in [0.2, 0.25) is 0 Å². The van der Waals surface area contributed by atoms with Gasteiger partial charge in [0.1, 0.15) is 5.60 Å². The normalized spacial score (nSPS) is 11.2. The van der Waals surface area contributed by atoms with Crippen LogP contribution in [0.25, 0.3) is 11.0 Å². The van der Waals surface area contributed by atoms with Gasteiger partial charge in [0.25, 0.3) is 0 Å². The quantitative estimate of drug-likeness (QED) is 0.629. The van der Waals surface area contributed by atoms with Crippen LogP contribution in [0.3, 0.4) is 0 Å². The summed E-state index contributed by atoms with van der Waals surface area (Å²) < 4.78 is 10.1. The Kier molecular flexibility index (Phi) is 6.49. The van der Waals surface area contributed by atoms with Gasteiger partial charge in [-0.2, -0.15) is 0 Å². The predicted octanol–water partition coefficient (Wildman–Crippen LogP) is 3.26. The molecule has 1 N–H and O–H groups in total. The lowest BCUT2D eigenvalue weighted by molar-refractivity contribution is 0.0512. The van der Waals surface area contributed by atoms with Crippen LogP contribution >= 0.6 is 0 Å². The second-order valence-corrected chi connectivity index (χ2v) is 6.83. The summed E-state index contributed by atoms with van der Waals surface area (Å²) >= 11 is 0. The number of nitrogens with one attached hydrogen (secondary N) is 1. The number of amides is 1. The molecule has 1 amide bonds. The van der Waals surface area contributed by atoms with Crippen molar-refractivity contribution in [2.24, 2.45) is 0 Å². The molecule has 0 unspecified atom stereocenters. The SMILES string of the molecule is CCOC(=O)c1cnc2cc(CCCNC(=O)OC(C)(C)C)ccc2n1. The number of benzene rings is 1. The summed E-state index contributed by atoms with van der Waals surface area (Å²) in [7, 11) is 0. The number of alkyl carbamates (subject to hydrolysis) is 1. The van der Waals surface area contributed by atoms with Crippen LogP contribution < -0.4 is 5.32 Å². The van der Waals surface area contributed by atoms with Gasteiger partial charge in [0.05, 0.1) is 23.8 Å². The van der Waals surface area contributed by atoms with Crippen molar-refractivity contribution in [2.45, 2.75) is 46.1 Å². The zero-order valence-electron chi connectivity index (χ0n) is 15.7. The van der Waals surface area contributed by atoms with Gasteiger partial charge < -0.3 is 14.8 Å². The number of hydrogen-bond donors (Lipinski definition) is 1. The van der Waals surface area contributed by atoms with E-state index in [0.29, 0.717) is 18.7 Å². The number of carbonyl (C=O) groups is 2. The van der Waals surface area contributed by atoms with Crippen LogP contribution in [0.15, 0.2) is 24.4 Å². The molecule has 0 bridgehead atoms. The Hall–Kier alpha value is -2.70. The first kappa shape index (κ1) is 19.6. The summed E-state index contributed by atoms with van der Waals surface area (Å²) in [6, 6.07) is 5.71. The number of hydrogen-bond acceptors (Lipinski definition) is 6. The summed E-state index contributed by atoms with van der Waals surface area (Å²) in [5.41, 5.74) is 2.15. The molecule has 7 nitrogen and oxygen atoms in total. The highest BCUT2D eigenvalue weighted by Gasteiger charge is 2.15. The van der Waals surface area contributed by atoms with E-state index < -0.39 is 17.7 Å². The average Bonchev–Trinajstić information content (AvgIpc) is 2.57. The molecule has 2 rings (SSSR count). The maximum Gasteiger partial charge on any atom is 0.407 e. The van der Waals surface area contributed by atoms with Crippen LogP contribution in [0, 0.1) is 0 Å². The molecule has 0 spiro atoms. The van der Waals surface area contributed by atoms with Gasteiger partial charge in [0, 0.05) is 6.54 Å². The van der Waals surface area contributed by atoms with Crippen molar-refractivity contribution in [3.8, 4) is 0 Å². The summed E-state index contributed by atoms with van der Waals surface area (Å²) in [4.78, 5) is 31.9. The van der Waals surface area contributed by atoms with E-state index in [9.17, 15) is 9.59 Å². The van der Waals surface area contributed by atoms with Gasteiger partial charge in [-0.05, 0) is 58.2 Å². The third kappa shape index (κ3) is 5.98. The number of nitrogens with zero attached hydrogens (tertiary/aromatic N) is 2. The topological polar surface area (TPSA) is 90.4 Å². The van der Waals surface area contributed by atoms with E-state index in [1.807, 2.05) is 39.0 Å². The molecular formula is C19H25N3O4. The van der Waals surface area contributed by atoms with E-state index in [-0.39, 0.29) is 5.69 Å². The molecule has 140 valence electrons. The fourth-order valence-electron chi connectivity index (χ4n) is 2.31. The first-order valence-electron chi connectivity index (χ1n) is 8.68. The minimum atomic E-state index is -0.497. The van der Waals surface area contributed by atoms with Gasteiger partial charge >= 0.3 is 12.1 Å². The molecule has 0 aliphatic heterocycles. The van der Waals surface area contributed by atoms with E-state index >= 15 is 0 Å². The standard InChI is InChI=1S/C19H25N3O4/c1-5-25-17(23)16-12-21-15-11-13(8-9-14(15)22-16)7-6-10-20-18(24)26-19(2,3)4/h8-9,11-12H,5-7,10H2,1-4H3,(H,20,24). The van der Waals surface area contributed by atoms with Crippen LogP contribution in [0.1, 0.15) is 50.2 Å². The molecular weight excluding hydrogens is 334 g/mol. The maximum atomic E-state index is 11.7. The lowest BCUT2D eigenvalue weighted by atomic mass is 10.1. The first-order chi connectivity index (χ1) is 12.3. The predicted molar refractivity (Wildman–Crippen MR) is 98.1 cm³/mol. The van der Waals surface area contributed by atoms with E-state index in [1.165, 1.54) is 6.20 Å². The van der Waals surface area contributed by atoms with Crippen molar-refractivity contribution in [3.63, 3.8) is 0 Å². The summed E-state index contributed by atoms with van der Waals surface area (Å²) in [5.74, 6) is -0.473. The summed E-state index contributed by atoms with van der Waals surface area (Å²) in [6.07, 6.45) is 2.58. The Morgan fingerprint density at radius 1 is 1.19 bits per heavy atom. The van der Waals surface area contributed by atoms with E-state index in [0.717, 1.165) is 23.9 Å². The molecule has 26 heavy (non-hydrogen) atoms. The molecule has 0 atom stereocenters. The number of fused-ring (bicyclic) bond motifs is 1. The van der Waals surface area contributed by atoms with Gasteiger partial charge in [-0.3, -0.25) is 4.98 Å². The van der Waals surface area contributed by atoms with Gasteiger partial charge in [-0.15, -0.1) is 0 Å². The Labute approximate surface area is 153 Å². The van der Waals surface area contributed by atoms with Gasteiger partial charge in [0.15, 0.2) is 5.69 Å². The van der Waals surface area contributed by atoms with E-state index in [4.69, 9.17) is 9.47 Å². The van der Waals surface area contributed by atoms with Crippen molar-refractivity contribution in [3.05, 3.63) is 35.7 Å². The highest BCUT2D eigenvalue weighted by atomic mass is 16.6. The Bertz CT molecular complexity index is 784. The lowest BCUT2D eigenvalue weighted by Gasteiger charge is -2.19. The molecule has 0 aliphatic carbocycles. The fraction of sp³-hybridized carbons (Fsp3) is 0.474. The van der Waals surface area contributed by atoms with Crippen molar-refractivity contribution < 1.29 is 19.1 Å². The van der Waals surface area contributed by atoms with Crippen LogP contribution in [-0.4, -0.2) is 40.8 Å². The van der Waals surface area contributed by atoms with E-state index in [1.54, 1.807) is 6.92 Å². The molecule has 1 aromatic heterocycles. The zero-order chi connectivity index (χ0) is 19.2. The first-order valence-corrected chi connectivity index (χ1v) is 8.68. The minimum absolute atomic E-state index is 0.202. The van der Waals surface area contributed by atoms with E-state index in [2.05, 4.69) is 15.3 Å². The molecule has 0 radical (unpaired) electrons. The van der Waals surface area contributed by atoms with Gasteiger partial charge in [0.2, 0.25) is 0 Å². The Morgan fingerprint density at radius 2 is 1.96 bits per heavy atom. The lowest BCUT2D eigenvalue weighted by Crippen LogP contribution is -2.33. The Balaban J connectivity index is 1.90. The van der Waals surface area contributed by atoms with Crippen LogP contribution in [-0.2, 0) is 15.9 Å². The number of carbonyl (C=O) groups excluding carboxylic acids is 2. The maximum absolute atomic E-state index is 11.7. The zero-order valence-corrected chi connectivity index (χ0v) is 15.7. The summed E-state index contributed by atoms with van der Waals surface area (Å²) in [5, 5.41) is 2.74.